The van der Waals surface area contributed by atoms with Crippen LogP contribution in [0, 0.1) is 0 Å². The molecule has 0 aliphatic rings. The van der Waals surface area contributed by atoms with Gasteiger partial charge in [-0.25, -0.2) is 9.59 Å². The molecule has 0 spiro atoms. The number of carbonyl (C=O) groups excluding carboxylic acids is 2. The van der Waals surface area contributed by atoms with Gasteiger partial charge < -0.3 is 24.3 Å². The van der Waals surface area contributed by atoms with Gasteiger partial charge in [-0.1, -0.05) is 6.07 Å². The number of ether oxygens (including phenoxy) is 4. The van der Waals surface area contributed by atoms with E-state index in [0.29, 0.717) is 17.1 Å². The lowest BCUT2D eigenvalue weighted by Gasteiger charge is -2.33. The summed E-state index contributed by atoms with van der Waals surface area (Å²) in [6.07, 6.45) is -10.9. The number of halogens is 6. The first-order chi connectivity index (χ1) is 14.8. The maximum atomic E-state index is 13.6. The first-order valence-electron chi connectivity index (χ1n) is 9.01. The Morgan fingerprint density at radius 2 is 1.62 bits per heavy atom. The van der Waals surface area contributed by atoms with E-state index in [1.807, 2.05) is 5.32 Å². The predicted octanol–water partition coefficient (Wildman–Crippen LogP) is 2.95. The Morgan fingerprint density at radius 3 is 2.12 bits per heavy atom. The largest absolute Gasteiger partial charge is 0.493 e. The van der Waals surface area contributed by atoms with Crippen LogP contribution >= 0.6 is 0 Å². The standard InChI is InChI=1S/C18H22F6N2O6/c1-4-31-14(27)17(18(22,23)24,32-10-16(19,20)21)26-15(28)25-8-7-11-5-6-12(29-2)13(9-11)30-3/h5-6,9H,4,7-8,10H2,1-3H3,(H2,25,26,28)/t17-/m1/s1. The van der Waals surface area contributed by atoms with Crippen molar-refractivity contribution in [3.8, 4) is 11.5 Å². The fraction of sp³-hybridized carbons (Fsp3) is 0.556. The van der Waals surface area contributed by atoms with E-state index in [4.69, 9.17) is 9.47 Å². The summed E-state index contributed by atoms with van der Waals surface area (Å²) in [4.78, 5) is 23.9. The number of methoxy groups -OCH3 is 2. The summed E-state index contributed by atoms with van der Waals surface area (Å²) in [6.45, 7) is -2.17. The molecule has 0 saturated heterocycles. The molecule has 1 atom stereocenters. The maximum Gasteiger partial charge on any atom is 0.448 e. The Bertz CT molecular complexity index is 786. The van der Waals surface area contributed by atoms with Crippen LogP contribution in [0.5, 0.6) is 11.5 Å². The molecule has 8 nitrogen and oxygen atoms in total. The number of rotatable bonds is 10. The van der Waals surface area contributed by atoms with Gasteiger partial charge in [-0.3, -0.25) is 5.32 Å². The maximum absolute atomic E-state index is 13.6. The van der Waals surface area contributed by atoms with E-state index in [0.717, 1.165) is 12.2 Å². The molecule has 2 amide bonds. The average molecular weight is 476 g/mol. The molecular weight excluding hydrogens is 454 g/mol. The third kappa shape index (κ3) is 7.35. The zero-order chi connectivity index (χ0) is 24.6. The van der Waals surface area contributed by atoms with Gasteiger partial charge in [-0.05, 0) is 31.0 Å². The zero-order valence-electron chi connectivity index (χ0n) is 17.3. The lowest BCUT2D eigenvalue weighted by Crippen LogP contribution is -2.68. The molecule has 0 aliphatic heterocycles. The topological polar surface area (TPSA) is 95.1 Å². The van der Waals surface area contributed by atoms with Crippen LogP contribution in [0.2, 0.25) is 0 Å². The molecule has 0 bridgehead atoms. The van der Waals surface area contributed by atoms with E-state index >= 15 is 0 Å². The molecule has 0 aromatic heterocycles. The van der Waals surface area contributed by atoms with E-state index in [1.165, 1.54) is 14.2 Å². The smallest absolute Gasteiger partial charge is 0.448 e. The van der Waals surface area contributed by atoms with Crippen molar-refractivity contribution < 1.29 is 54.9 Å². The summed E-state index contributed by atoms with van der Waals surface area (Å²) in [7, 11) is 2.81. The molecule has 1 aromatic carbocycles. The molecule has 0 fully saturated rings. The molecule has 32 heavy (non-hydrogen) atoms. The first kappa shape index (κ1) is 27.1. The summed E-state index contributed by atoms with van der Waals surface area (Å²) in [5.74, 6) is -1.45. The lowest BCUT2D eigenvalue weighted by atomic mass is 10.1. The van der Waals surface area contributed by atoms with Crippen LogP contribution in [0.4, 0.5) is 31.1 Å². The van der Waals surface area contributed by atoms with Crippen molar-refractivity contribution in [3.63, 3.8) is 0 Å². The van der Waals surface area contributed by atoms with Crippen molar-refractivity contribution in [2.75, 3.05) is 34.0 Å². The van der Waals surface area contributed by atoms with Gasteiger partial charge >= 0.3 is 30.1 Å². The van der Waals surface area contributed by atoms with Gasteiger partial charge in [-0.2, -0.15) is 26.3 Å². The van der Waals surface area contributed by atoms with Crippen LogP contribution < -0.4 is 20.1 Å². The van der Waals surface area contributed by atoms with Gasteiger partial charge in [-0.15, -0.1) is 0 Å². The lowest BCUT2D eigenvalue weighted by molar-refractivity contribution is -0.305. The number of hydrogen-bond donors (Lipinski definition) is 2. The summed E-state index contributed by atoms with van der Waals surface area (Å²) in [5, 5.41) is 3.17. The minimum absolute atomic E-state index is 0.107. The quantitative estimate of drug-likeness (QED) is 0.306. The molecule has 182 valence electrons. The number of hydrogen-bond acceptors (Lipinski definition) is 6. The van der Waals surface area contributed by atoms with Gasteiger partial charge in [0.1, 0.15) is 6.61 Å². The molecule has 2 N–H and O–H groups in total. The van der Waals surface area contributed by atoms with E-state index in [-0.39, 0.29) is 13.0 Å². The van der Waals surface area contributed by atoms with Crippen molar-refractivity contribution in [1.82, 2.24) is 10.6 Å². The highest BCUT2D eigenvalue weighted by Gasteiger charge is 2.66. The normalized spacial score (nSPS) is 13.7. The predicted molar refractivity (Wildman–Crippen MR) is 97.2 cm³/mol. The number of esters is 1. The molecule has 0 saturated carbocycles. The highest BCUT2D eigenvalue weighted by molar-refractivity contribution is 5.87. The zero-order valence-corrected chi connectivity index (χ0v) is 17.3. The monoisotopic (exact) mass is 476 g/mol. The number of benzene rings is 1. The highest BCUT2D eigenvalue weighted by atomic mass is 19.4. The minimum Gasteiger partial charge on any atom is -0.493 e. The molecule has 14 heteroatoms. The van der Waals surface area contributed by atoms with Crippen molar-refractivity contribution in [3.05, 3.63) is 23.8 Å². The number of alkyl halides is 6. The van der Waals surface area contributed by atoms with Gasteiger partial charge in [0.05, 0.1) is 20.8 Å². The van der Waals surface area contributed by atoms with Gasteiger partial charge in [0.15, 0.2) is 11.5 Å². The summed E-state index contributed by atoms with van der Waals surface area (Å²) < 4.78 is 96.3. The second-order valence-corrected chi connectivity index (χ2v) is 6.12. The summed E-state index contributed by atoms with van der Waals surface area (Å²) >= 11 is 0. The molecule has 0 heterocycles. The summed E-state index contributed by atoms with van der Waals surface area (Å²) in [6, 6.07) is 3.13. The van der Waals surface area contributed by atoms with E-state index in [1.54, 1.807) is 18.2 Å². The van der Waals surface area contributed by atoms with Crippen molar-refractivity contribution in [1.29, 1.82) is 0 Å². The first-order valence-corrected chi connectivity index (χ1v) is 9.01. The third-order valence-corrected chi connectivity index (χ3v) is 3.85. The van der Waals surface area contributed by atoms with Gasteiger partial charge in [0.2, 0.25) is 0 Å². The SMILES string of the molecule is CCOC(=O)[C@@](NC(=O)NCCc1ccc(OC)c(OC)c1)(OCC(F)(F)F)C(F)(F)F. The second kappa shape index (κ2) is 11.1. The van der Waals surface area contributed by atoms with Crippen LogP contribution in [-0.2, 0) is 20.7 Å². The van der Waals surface area contributed by atoms with Gasteiger partial charge in [0, 0.05) is 6.54 Å². The molecule has 0 unspecified atom stereocenters. The van der Waals surface area contributed by atoms with Crippen molar-refractivity contribution in [2.24, 2.45) is 0 Å². The fourth-order valence-electron chi connectivity index (χ4n) is 2.40. The minimum atomic E-state index is -5.76. The second-order valence-electron chi connectivity index (χ2n) is 6.12. The van der Waals surface area contributed by atoms with Gasteiger partial charge in [0.25, 0.3) is 0 Å². The van der Waals surface area contributed by atoms with Crippen LogP contribution in [0.15, 0.2) is 18.2 Å². The fourth-order valence-corrected chi connectivity index (χ4v) is 2.40. The van der Waals surface area contributed by atoms with E-state index in [9.17, 15) is 35.9 Å². The van der Waals surface area contributed by atoms with Crippen LogP contribution in [0.25, 0.3) is 0 Å². The molecular formula is C18H22F6N2O6. The van der Waals surface area contributed by atoms with Crippen molar-refractivity contribution in [2.45, 2.75) is 31.4 Å². The molecule has 1 rings (SSSR count). The Labute approximate surface area is 179 Å². The van der Waals surface area contributed by atoms with Crippen molar-refractivity contribution >= 4 is 12.0 Å². The van der Waals surface area contributed by atoms with Crippen LogP contribution in [0.1, 0.15) is 12.5 Å². The van der Waals surface area contributed by atoms with E-state index < -0.39 is 43.3 Å². The Morgan fingerprint density at radius 1 is 1.00 bits per heavy atom. The van der Waals surface area contributed by atoms with Crippen LogP contribution in [0.3, 0.4) is 0 Å². The average Bonchev–Trinajstić information content (AvgIpc) is 2.69. The van der Waals surface area contributed by atoms with Crippen LogP contribution in [-0.4, -0.2) is 64.1 Å². The number of nitrogens with one attached hydrogen (secondary N) is 2. The van der Waals surface area contributed by atoms with E-state index in [2.05, 4.69) is 9.47 Å². The Hall–Kier alpha value is -2.90. The summed E-state index contributed by atoms with van der Waals surface area (Å²) in [5.41, 5.74) is -3.75. The number of amides is 2. The molecule has 0 aliphatic carbocycles. The molecule has 0 radical (unpaired) electrons. The Kier molecular flexibility index (Phi) is 9.42. The number of carbonyl (C=O) groups is 2. The third-order valence-electron chi connectivity index (χ3n) is 3.85. The Balaban J connectivity index is 2.94. The highest BCUT2D eigenvalue weighted by Crippen LogP contribution is 2.34. The molecule has 1 aromatic rings. The number of urea groups is 1.